The summed E-state index contributed by atoms with van der Waals surface area (Å²) in [7, 11) is 1.74. The Bertz CT molecular complexity index is 1190. The first-order valence-corrected chi connectivity index (χ1v) is 9.99. The topological polar surface area (TPSA) is 52.0 Å². The zero-order chi connectivity index (χ0) is 19.3. The van der Waals surface area contributed by atoms with Gasteiger partial charge in [-0.15, -0.1) is 12.4 Å². The minimum Gasteiger partial charge on any atom is -0.467 e. The predicted octanol–water partition coefficient (Wildman–Crippen LogP) is 4.68. The fourth-order valence-corrected chi connectivity index (χ4v) is 4.56. The summed E-state index contributed by atoms with van der Waals surface area (Å²) >= 11 is 1.32. The number of nitrogens with one attached hydrogen (secondary N) is 1. The second-order valence-electron chi connectivity index (χ2n) is 7.05. The molecule has 0 bridgehead atoms. The van der Waals surface area contributed by atoms with E-state index in [9.17, 15) is 8.78 Å². The number of aryl methyl sites for hydroxylation is 1. The fourth-order valence-electron chi connectivity index (χ4n) is 3.62. The Balaban J connectivity index is 0.00000205. The molecule has 152 valence electrons. The van der Waals surface area contributed by atoms with Crippen LogP contribution in [0.25, 0.3) is 32.2 Å². The number of aromatic nitrogens is 3. The van der Waals surface area contributed by atoms with E-state index in [1.165, 1.54) is 23.5 Å². The molecule has 2 aromatic carbocycles. The molecule has 1 saturated heterocycles. The third-order valence-electron chi connectivity index (χ3n) is 4.99. The summed E-state index contributed by atoms with van der Waals surface area (Å²) in [6.45, 7) is 1.83. The lowest BCUT2D eigenvalue weighted by Gasteiger charge is -2.22. The van der Waals surface area contributed by atoms with E-state index in [1.54, 1.807) is 17.9 Å². The van der Waals surface area contributed by atoms with Gasteiger partial charge < -0.3 is 10.1 Å². The lowest BCUT2D eigenvalue weighted by Crippen LogP contribution is -2.34. The van der Waals surface area contributed by atoms with Crippen LogP contribution in [0.1, 0.15) is 12.8 Å². The van der Waals surface area contributed by atoms with Gasteiger partial charge in [0.25, 0.3) is 5.19 Å². The highest BCUT2D eigenvalue weighted by molar-refractivity contribution is 7.20. The van der Waals surface area contributed by atoms with Crippen molar-refractivity contribution in [1.82, 2.24) is 20.1 Å². The van der Waals surface area contributed by atoms with E-state index < -0.39 is 11.6 Å². The van der Waals surface area contributed by atoms with Crippen LogP contribution >= 0.6 is 23.7 Å². The maximum absolute atomic E-state index is 14.7. The van der Waals surface area contributed by atoms with Gasteiger partial charge in [0.2, 0.25) is 0 Å². The Morgan fingerprint density at radius 1 is 1.07 bits per heavy atom. The van der Waals surface area contributed by atoms with Gasteiger partial charge in [-0.1, -0.05) is 11.3 Å². The van der Waals surface area contributed by atoms with Gasteiger partial charge in [-0.25, -0.2) is 8.78 Å². The highest BCUT2D eigenvalue weighted by Gasteiger charge is 2.19. The van der Waals surface area contributed by atoms with Gasteiger partial charge in [-0.05, 0) is 61.3 Å². The number of benzene rings is 2. The molecule has 0 unspecified atom stereocenters. The summed E-state index contributed by atoms with van der Waals surface area (Å²) in [5.41, 5.74) is 1.81. The maximum atomic E-state index is 14.7. The van der Waals surface area contributed by atoms with Crippen LogP contribution in [-0.2, 0) is 7.05 Å². The van der Waals surface area contributed by atoms with Crippen LogP contribution in [0.15, 0.2) is 30.5 Å². The van der Waals surface area contributed by atoms with Crippen molar-refractivity contribution in [3.63, 3.8) is 0 Å². The Hall–Kier alpha value is -2.29. The summed E-state index contributed by atoms with van der Waals surface area (Å²) in [5, 5.41) is 8.56. The van der Waals surface area contributed by atoms with Gasteiger partial charge in [0.15, 0.2) is 11.6 Å². The first kappa shape index (κ1) is 20.0. The van der Waals surface area contributed by atoms with Crippen molar-refractivity contribution in [2.24, 2.45) is 7.05 Å². The quantitative estimate of drug-likeness (QED) is 0.506. The van der Waals surface area contributed by atoms with Crippen LogP contribution in [0.2, 0.25) is 0 Å². The Kier molecular flexibility index (Phi) is 5.42. The molecular formula is C20H19ClF2N4OS. The number of halogens is 3. The van der Waals surface area contributed by atoms with Crippen LogP contribution in [0.3, 0.4) is 0 Å². The number of hydrogen-bond acceptors (Lipinski definition) is 5. The second-order valence-corrected chi connectivity index (χ2v) is 8.04. The molecule has 9 heteroatoms. The Labute approximate surface area is 176 Å². The average Bonchev–Trinajstić information content (AvgIpc) is 3.25. The molecule has 0 radical (unpaired) electrons. The number of nitrogens with zero attached hydrogens (tertiary/aromatic N) is 3. The summed E-state index contributed by atoms with van der Waals surface area (Å²) in [6.07, 6.45) is 3.67. The minimum absolute atomic E-state index is 0. The first-order chi connectivity index (χ1) is 13.6. The Morgan fingerprint density at radius 2 is 1.76 bits per heavy atom. The molecule has 5 rings (SSSR count). The lowest BCUT2D eigenvalue weighted by atomic mass is 10.0. The van der Waals surface area contributed by atoms with Gasteiger partial charge in [0.1, 0.15) is 17.1 Å². The van der Waals surface area contributed by atoms with Gasteiger partial charge in [0, 0.05) is 18.6 Å². The minimum atomic E-state index is -0.435. The van der Waals surface area contributed by atoms with E-state index in [0.717, 1.165) is 25.9 Å². The van der Waals surface area contributed by atoms with Crippen LogP contribution in [0, 0.1) is 11.6 Å². The standard InChI is InChI=1S/C20H18F2N4OS.ClH/c1-26-10-13-6-11(7-15(21)18(13)25-26)12-8-16(22)19-17(9-12)28-20(24-19)27-14-2-4-23-5-3-14;/h6-10,14,23H,2-5H2,1H3;1H. The van der Waals surface area contributed by atoms with Gasteiger partial charge in [-0.2, -0.15) is 10.1 Å². The number of fused-ring (bicyclic) bond motifs is 2. The van der Waals surface area contributed by atoms with Crippen molar-refractivity contribution in [3.05, 3.63) is 42.1 Å². The molecule has 1 fully saturated rings. The Morgan fingerprint density at radius 3 is 2.52 bits per heavy atom. The summed E-state index contributed by atoms with van der Waals surface area (Å²) in [4.78, 5) is 4.33. The summed E-state index contributed by atoms with van der Waals surface area (Å²) in [5.74, 6) is -0.858. The molecular weight excluding hydrogens is 418 g/mol. The van der Waals surface area contributed by atoms with Gasteiger partial charge in [0.05, 0.1) is 4.70 Å². The summed E-state index contributed by atoms with van der Waals surface area (Å²) < 4.78 is 37.3. The smallest absolute Gasteiger partial charge is 0.274 e. The highest BCUT2D eigenvalue weighted by Crippen LogP contribution is 2.35. The molecule has 3 heterocycles. The zero-order valence-electron chi connectivity index (χ0n) is 15.6. The number of thiazole rings is 1. The molecule has 29 heavy (non-hydrogen) atoms. The molecule has 0 aliphatic carbocycles. The zero-order valence-corrected chi connectivity index (χ0v) is 17.2. The average molecular weight is 437 g/mol. The molecule has 4 aromatic rings. The van der Waals surface area contributed by atoms with Crippen molar-refractivity contribution in [2.45, 2.75) is 18.9 Å². The van der Waals surface area contributed by atoms with Crippen LogP contribution in [-0.4, -0.2) is 34.0 Å². The molecule has 0 spiro atoms. The monoisotopic (exact) mass is 436 g/mol. The first-order valence-electron chi connectivity index (χ1n) is 9.17. The second kappa shape index (κ2) is 7.85. The van der Waals surface area contributed by atoms with E-state index in [2.05, 4.69) is 15.4 Å². The molecule has 1 aliphatic rings. The number of ether oxygens (including phenoxy) is 1. The van der Waals surface area contributed by atoms with E-state index in [-0.39, 0.29) is 18.5 Å². The molecule has 1 N–H and O–H groups in total. The third-order valence-corrected chi connectivity index (χ3v) is 5.89. The molecule has 0 saturated carbocycles. The molecule has 1 aliphatic heterocycles. The lowest BCUT2D eigenvalue weighted by molar-refractivity contribution is 0.162. The van der Waals surface area contributed by atoms with Crippen molar-refractivity contribution in [1.29, 1.82) is 0 Å². The van der Waals surface area contributed by atoms with Crippen LogP contribution in [0.4, 0.5) is 8.78 Å². The maximum Gasteiger partial charge on any atom is 0.274 e. The molecule has 5 nitrogen and oxygen atoms in total. The van der Waals surface area contributed by atoms with Gasteiger partial charge in [-0.3, -0.25) is 4.68 Å². The highest BCUT2D eigenvalue weighted by atomic mass is 35.5. The van der Waals surface area contributed by atoms with Gasteiger partial charge >= 0.3 is 0 Å². The molecule has 2 aromatic heterocycles. The van der Waals surface area contributed by atoms with Crippen LogP contribution in [0.5, 0.6) is 5.19 Å². The predicted molar refractivity (Wildman–Crippen MR) is 113 cm³/mol. The number of piperidine rings is 1. The van der Waals surface area contributed by atoms with E-state index in [0.29, 0.717) is 37.4 Å². The fraction of sp³-hybridized carbons (Fsp3) is 0.300. The largest absolute Gasteiger partial charge is 0.467 e. The van der Waals surface area contributed by atoms with Crippen molar-refractivity contribution in [3.8, 4) is 16.3 Å². The van der Waals surface area contributed by atoms with E-state index in [1.807, 2.05) is 12.1 Å². The summed E-state index contributed by atoms with van der Waals surface area (Å²) in [6, 6.07) is 6.44. The number of rotatable bonds is 3. The SMILES string of the molecule is Cl.Cn1cc2cc(-c3cc(F)c4nc(OC5CCNCC5)sc4c3)cc(F)c2n1. The molecule has 0 amide bonds. The van der Waals surface area contributed by atoms with Crippen molar-refractivity contribution in [2.75, 3.05) is 13.1 Å². The van der Waals surface area contributed by atoms with E-state index >= 15 is 0 Å². The van der Waals surface area contributed by atoms with E-state index in [4.69, 9.17) is 4.74 Å². The number of hydrogen-bond donors (Lipinski definition) is 1. The normalized spacial score (nSPS) is 15.0. The molecule has 0 atom stereocenters. The van der Waals surface area contributed by atoms with Crippen molar-refractivity contribution < 1.29 is 13.5 Å². The third kappa shape index (κ3) is 3.80. The van der Waals surface area contributed by atoms with Crippen LogP contribution < -0.4 is 10.1 Å². The van der Waals surface area contributed by atoms with Crippen molar-refractivity contribution >= 4 is 44.9 Å².